The molecule has 0 spiro atoms. The van der Waals surface area contributed by atoms with Crippen LogP contribution in [0.5, 0.6) is 0 Å². The molecule has 0 unspecified atom stereocenters. The van der Waals surface area contributed by atoms with Crippen LogP contribution in [0.15, 0.2) is 36.4 Å². The number of carbonyl (C=O) groups excluding carboxylic acids is 1. The summed E-state index contributed by atoms with van der Waals surface area (Å²) in [5, 5.41) is 3.67. The predicted octanol–water partition coefficient (Wildman–Crippen LogP) is 5.43. The van der Waals surface area contributed by atoms with Crippen LogP contribution >= 0.6 is 11.3 Å². The Hall–Kier alpha value is -2.20. The second kappa shape index (κ2) is 6.60. The molecule has 1 aromatic heterocycles. The molecule has 0 aliphatic rings. The average Bonchev–Trinajstić information content (AvgIpc) is 2.93. The molecule has 1 heterocycles. The minimum absolute atomic E-state index is 0.00549. The molecule has 0 aliphatic heterocycles. The predicted molar refractivity (Wildman–Crippen MR) is 106 cm³/mol. The molecule has 3 aromatic rings. The number of nitrogens with one attached hydrogen (secondary N) is 1. The van der Waals surface area contributed by atoms with Crippen molar-refractivity contribution in [1.82, 2.24) is 4.98 Å². The fourth-order valence-corrected chi connectivity index (χ4v) is 4.06. The van der Waals surface area contributed by atoms with Crippen molar-refractivity contribution in [2.45, 2.75) is 41.0 Å². The highest BCUT2D eigenvalue weighted by Gasteiger charge is 2.30. The van der Waals surface area contributed by atoms with E-state index in [4.69, 9.17) is 0 Å². The lowest BCUT2D eigenvalue weighted by Crippen LogP contribution is -2.33. The van der Waals surface area contributed by atoms with Crippen molar-refractivity contribution in [2.24, 2.45) is 5.41 Å². The van der Waals surface area contributed by atoms with Gasteiger partial charge in [0.2, 0.25) is 5.91 Å². The number of anilines is 1. The molecule has 0 radical (unpaired) electrons. The first-order valence-electron chi connectivity index (χ1n) is 8.50. The summed E-state index contributed by atoms with van der Waals surface area (Å²) in [6, 6.07) is 12.3. The normalized spacial score (nSPS) is 11.7. The van der Waals surface area contributed by atoms with Crippen molar-refractivity contribution < 1.29 is 4.79 Å². The van der Waals surface area contributed by atoms with E-state index in [1.54, 1.807) is 0 Å². The average molecular weight is 353 g/mol. The van der Waals surface area contributed by atoms with Gasteiger partial charge < -0.3 is 5.32 Å². The molecule has 25 heavy (non-hydrogen) atoms. The molecule has 130 valence electrons. The van der Waals surface area contributed by atoms with Gasteiger partial charge in [-0.2, -0.15) is 0 Å². The van der Waals surface area contributed by atoms with Crippen LogP contribution in [-0.4, -0.2) is 10.9 Å². The Bertz CT molecular complexity index is 884. The van der Waals surface area contributed by atoms with Crippen molar-refractivity contribution in [1.29, 1.82) is 0 Å². The topological polar surface area (TPSA) is 42.0 Å². The third-order valence-electron chi connectivity index (χ3n) is 4.59. The van der Waals surface area contributed by atoms with Gasteiger partial charge in [0.15, 0.2) is 5.13 Å². The van der Waals surface area contributed by atoms with E-state index in [0.717, 1.165) is 10.2 Å². The molecule has 3 rings (SSSR count). The largest absolute Gasteiger partial charge is 0.301 e. The van der Waals surface area contributed by atoms with E-state index in [-0.39, 0.29) is 5.91 Å². The number of rotatable bonds is 4. The minimum Gasteiger partial charge on any atom is -0.301 e. The minimum atomic E-state index is -0.511. The lowest BCUT2D eigenvalue weighted by molar-refractivity contribution is -0.123. The number of hydrogen-bond acceptors (Lipinski definition) is 3. The SMILES string of the molecule is Cc1cc(C)c(CC(C)(C)C(=O)Nc2nc3ccccc3s2)c(C)c1. The monoisotopic (exact) mass is 352 g/mol. The highest BCUT2D eigenvalue weighted by molar-refractivity contribution is 7.22. The molecule has 0 bridgehead atoms. The zero-order valence-corrected chi connectivity index (χ0v) is 16.3. The molecule has 0 fully saturated rings. The van der Waals surface area contributed by atoms with E-state index < -0.39 is 5.41 Å². The molecule has 0 atom stereocenters. The Morgan fingerprint density at radius 1 is 1.12 bits per heavy atom. The van der Waals surface area contributed by atoms with Gasteiger partial charge in [0.1, 0.15) is 0 Å². The summed E-state index contributed by atoms with van der Waals surface area (Å²) in [7, 11) is 0. The first-order valence-corrected chi connectivity index (χ1v) is 9.32. The van der Waals surface area contributed by atoms with Gasteiger partial charge in [0, 0.05) is 5.41 Å². The zero-order chi connectivity index (χ0) is 18.2. The third-order valence-corrected chi connectivity index (χ3v) is 5.54. The smallest absolute Gasteiger partial charge is 0.232 e. The fourth-order valence-electron chi connectivity index (χ4n) is 3.20. The lowest BCUT2D eigenvalue weighted by atomic mass is 9.81. The van der Waals surface area contributed by atoms with Gasteiger partial charge in [0.05, 0.1) is 10.2 Å². The second-order valence-electron chi connectivity index (χ2n) is 7.38. The fraction of sp³-hybridized carbons (Fsp3) is 0.333. The summed E-state index contributed by atoms with van der Waals surface area (Å²) in [6.07, 6.45) is 0.710. The van der Waals surface area contributed by atoms with Crippen molar-refractivity contribution >= 4 is 32.6 Å². The summed E-state index contributed by atoms with van der Waals surface area (Å²) >= 11 is 1.51. The van der Waals surface area contributed by atoms with Crippen molar-refractivity contribution in [3.05, 3.63) is 58.7 Å². The Morgan fingerprint density at radius 3 is 2.40 bits per heavy atom. The number of aryl methyl sites for hydroxylation is 3. The number of aromatic nitrogens is 1. The van der Waals surface area contributed by atoms with Crippen LogP contribution in [0, 0.1) is 26.2 Å². The third kappa shape index (κ3) is 3.74. The maximum atomic E-state index is 12.9. The Labute approximate surface area is 153 Å². The van der Waals surface area contributed by atoms with E-state index in [2.05, 4.69) is 43.2 Å². The van der Waals surface area contributed by atoms with Gasteiger partial charge in [-0.25, -0.2) is 4.98 Å². The van der Waals surface area contributed by atoms with Crippen LogP contribution < -0.4 is 5.32 Å². The Balaban J connectivity index is 1.80. The van der Waals surface area contributed by atoms with E-state index in [1.165, 1.54) is 33.6 Å². The summed E-state index contributed by atoms with van der Waals surface area (Å²) in [4.78, 5) is 17.4. The number of benzene rings is 2. The molecule has 0 aliphatic carbocycles. The molecule has 0 saturated heterocycles. The number of hydrogen-bond donors (Lipinski definition) is 1. The Kier molecular flexibility index (Phi) is 4.65. The van der Waals surface area contributed by atoms with Gasteiger partial charge in [-0.3, -0.25) is 4.79 Å². The number of nitrogens with zero attached hydrogens (tertiary/aromatic N) is 1. The number of carbonyl (C=O) groups is 1. The van der Waals surface area contributed by atoms with Gasteiger partial charge in [-0.15, -0.1) is 0 Å². The molecule has 1 amide bonds. The summed E-state index contributed by atoms with van der Waals surface area (Å²) in [5.41, 5.74) is 5.43. The molecule has 2 aromatic carbocycles. The summed E-state index contributed by atoms with van der Waals surface area (Å²) < 4.78 is 1.08. The zero-order valence-electron chi connectivity index (χ0n) is 15.4. The molecule has 3 nitrogen and oxygen atoms in total. The first kappa shape index (κ1) is 17.6. The maximum Gasteiger partial charge on any atom is 0.232 e. The van der Waals surface area contributed by atoms with Gasteiger partial charge >= 0.3 is 0 Å². The second-order valence-corrected chi connectivity index (χ2v) is 8.41. The number of thiazole rings is 1. The van der Waals surface area contributed by atoms with Crippen LogP contribution in [-0.2, 0) is 11.2 Å². The number of para-hydroxylation sites is 1. The van der Waals surface area contributed by atoms with Crippen LogP contribution in [0.2, 0.25) is 0 Å². The van der Waals surface area contributed by atoms with Crippen LogP contribution in [0.1, 0.15) is 36.1 Å². The first-order chi connectivity index (χ1) is 11.8. The number of fused-ring (bicyclic) bond motifs is 1. The van der Waals surface area contributed by atoms with Crippen molar-refractivity contribution in [3.8, 4) is 0 Å². The van der Waals surface area contributed by atoms with Gasteiger partial charge in [-0.1, -0.05) is 55.0 Å². The molecule has 0 saturated carbocycles. The standard InChI is InChI=1S/C21H24N2OS/c1-13-10-14(2)16(15(3)11-13)12-21(4,5)19(24)23-20-22-17-8-6-7-9-18(17)25-20/h6-11H,12H2,1-5H3,(H,22,23,24). The van der Waals surface area contributed by atoms with E-state index in [0.29, 0.717) is 11.6 Å². The van der Waals surface area contributed by atoms with Crippen molar-refractivity contribution in [2.75, 3.05) is 5.32 Å². The highest BCUT2D eigenvalue weighted by Crippen LogP contribution is 2.30. The summed E-state index contributed by atoms with van der Waals surface area (Å²) in [6.45, 7) is 10.3. The van der Waals surface area contributed by atoms with E-state index in [9.17, 15) is 4.79 Å². The number of amides is 1. The highest BCUT2D eigenvalue weighted by atomic mass is 32.1. The lowest BCUT2D eigenvalue weighted by Gasteiger charge is -2.25. The molecule has 1 N–H and O–H groups in total. The van der Waals surface area contributed by atoms with Crippen LogP contribution in [0.3, 0.4) is 0 Å². The maximum absolute atomic E-state index is 12.9. The van der Waals surface area contributed by atoms with Gasteiger partial charge in [-0.05, 0) is 56.0 Å². The van der Waals surface area contributed by atoms with E-state index in [1.807, 2.05) is 38.1 Å². The quantitative estimate of drug-likeness (QED) is 0.680. The van der Waals surface area contributed by atoms with Gasteiger partial charge in [0.25, 0.3) is 0 Å². The molecular weight excluding hydrogens is 328 g/mol. The van der Waals surface area contributed by atoms with E-state index >= 15 is 0 Å². The molecular formula is C21H24N2OS. The van der Waals surface area contributed by atoms with Crippen molar-refractivity contribution in [3.63, 3.8) is 0 Å². The summed E-state index contributed by atoms with van der Waals surface area (Å²) in [5.74, 6) is 0.00549. The Morgan fingerprint density at radius 2 is 1.76 bits per heavy atom. The van der Waals surface area contributed by atoms with Crippen LogP contribution in [0.4, 0.5) is 5.13 Å². The molecule has 4 heteroatoms. The van der Waals surface area contributed by atoms with Crippen LogP contribution in [0.25, 0.3) is 10.2 Å².